The van der Waals surface area contributed by atoms with E-state index in [-0.39, 0.29) is 0 Å². The Morgan fingerprint density at radius 1 is 1.31 bits per heavy atom. The van der Waals surface area contributed by atoms with Crippen LogP contribution in [0.2, 0.25) is 0 Å². The number of hydrogen-bond donors (Lipinski definition) is 1. The van der Waals surface area contributed by atoms with Crippen LogP contribution in [0.5, 0.6) is 0 Å². The number of benzene rings is 1. The number of fused-ring (bicyclic) bond motifs is 1. The second kappa shape index (κ2) is 2.53. The molecule has 68 valence electrons. The van der Waals surface area contributed by atoms with E-state index in [1.54, 1.807) is 24.3 Å². The lowest BCUT2D eigenvalue weighted by atomic mass is 10.3. The van der Waals surface area contributed by atoms with Crippen LogP contribution in [0.3, 0.4) is 0 Å². The molecule has 13 heavy (non-hydrogen) atoms. The largest absolute Gasteiger partial charge is 0.366 e. The van der Waals surface area contributed by atoms with Gasteiger partial charge in [-0.15, -0.1) is 0 Å². The predicted octanol–water partition coefficient (Wildman–Crippen LogP) is 1.22. The summed E-state index contributed by atoms with van der Waals surface area (Å²) < 4.78 is 33.3. The molecule has 0 fully saturated rings. The Labute approximate surface area is 73.6 Å². The number of para-hydroxylation sites is 2. The minimum Gasteiger partial charge on any atom is -0.326 e. The number of nitrogens with zero attached hydrogens (tertiary/aromatic N) is 1. The fraction of sp³-hybridized carbons (Fsp3) is 0. The van der Waals surface area contributed by atoms with Gasteiger partial charge in [0.25, 0.3) is 5.16 Å². The highest BCUT2D eigenvalue weighted by molar-refractivity contribution is 7.86. The van der Waals surface area contributed by atoms with Gasteiger partial charge in [0.15, 0.2) is 0 Å². The third-order valence-corrected chi connectivity index (χ3v) is 2.25. The Bertz CT molecular complexity index is 513. The van der Waals surface area contributed by atoms with Crippen molar-refractivity contribution in [2.75, 3.05) is 0 Å². The molecule has 0 bridgehead atoms. The average Bonchev–Trinajstić information content (AvgIpc) is 2.45. The van der Waals surface area contributed by atoms with E-state index in [1.165, 1.54) is 0 Å². The second-order valence-corrected chi connectivity index (χ2v) is 3.76. The van der Waals surface area contributed by atoms with Crippen molar-refractivity contribution in [1.29, 1.82) is 0 Å². The van der Waals surface area contributed by atoms with Gasteiger partial charge in [0.1, 0.15) is 0 Å². The number of aromatic nitrogens is 2. The molecule has 0 aliphatic carbocycles. The van der Waals surface area contributed by atoms with Crippen LogP contribution in [0.1, 0.15) is 0 Å². The lowest BCUT2D eigenvalue weighted by molar-refractivity contribution is 0.544. The summed E-state index contributed by atoms with van der Waals surface area (Å²) in [5, 5.41) is -0.645. The van der Waals surface area contributed by atoms with Crippen molar-refractivity contribution in [2.24, 2.45) is 0 Å². The lowest BCUT2D eigenvalue weighted by Gasteiger charge is -1.82. The summed E-state index contributed by atoms with van der Waals surface area (Å²) in [4.78, 5) is 5.93. The maximum absolute atomic E-state index is 12.4. The number of halogens is 1. The zero-order chi connectivity index (χ0) is 9.47. The highest BCUT2D eigenvalue weighted by atomic mass is 32.3. The third kappa shape index (κ3) is 1.40. The van der Waals surface area contributed by atoms with Gasteiger partial charge in [0.2, 0.25) is 0 Å². The molecule has 0 unspecified atom stereocenters. The molecule has 0 saturated carbocycles. The first-order valence-electron chi connectivity index (χ1n) is 3.47. The highest BCUT2D eigenvalue weighted by Gasteiger charge is 2.16. The molecule has 0 amide bonds. The summed E-state index contributed by atoms with van der Waals surface area (Å²) in [6.07, 6.45) is 0. The van der Waals surface area contributed by atoms with Crippen LogP contribution < -0.4 is 0 Å². The normalized spacial score (nSPS) is 12.1. The van der Waals surface area contributed by atoms with E-state index < -0.39 is 15.4 Å². The van der Waals surface area contributed by atoms with Crippen molar-refractivity contribution in [3.8, 4) is 0 Å². The van der Waals surface area contributed by atoms with Crippen LogP contribution in [0.15, 0.2) is 29.4 Å². The number of hydrogen-bond acceptors (Lipinski definition) is 3. The monoisotopic (exact) mass is 200 g/mol. The molecule has 2 aromatic rings. The molecule has 0 saturated heterocycles. The molecule has 1 aromatic carbocycles. The summed E-state index contributed by atoms with van der Waals surface area (Å²) in [5.74, 6) is 0. The Hall–Kier alpha value is -1.43. The Morgan fingerprint density at radius 3 is 2.62 bits per heavy atom. The van der Waals surface area contributed by atoms with E-state index in [0.717, 1.165) is 0 Å². The van der Waals surface area contributed by atoms with Gasteiger partial charge in [-0.3, -0.25) is 0 Å². The molecular weight excluding hydrogens is 195 g/mol. The van der Waals surface area contributed by atoms with E-state index in [9.17, 15) is 12.3 Å². The summed E-state index contributed by atoms with van der Waals surface area (Å²) in [6, 6.07) is 6.62. The molecule has 4 nitrogen and oxygen atoms in total. The molecule has 2 rings (SSSR count). The average molecular weight is 200 g/mol. The molecule has 0 aliphatic heterocycles. The maximum atomic E-state index is 12.4. The van der Waals surface area contributed by atoms with E-state index in [1.807, 2.05) is 0 Å². The fourth-order valence-corrected chi connectivity index (χ4v) is 1.48. The molecule has 6 heteroatoms. The van der Waals surface area contributed by atoms with Crippen LogP contribution in [0.25, 0.3) is 11.0 Å². The van der Waals surface area contributed by atoms with Crippen LogP contribution in [-0.4, -0.2) is 18.4 Å². The molecule has 1 aromatic heterocycles. The van der Waals surface area contributed by atoms with Crippen LogP contribution in [0.4, 0.5) is 3.89 Å². The Kier molecular flexibility index (Phi) is 1.59. The second-order valence-electron chi connectivity index (χ2n) is 2.50. The Balaban J connectivity index is 2.77. The van der Waals surface area contributed by atoms with Crippen molar-refractivity contribution < 1.29 is 12.3 Å². The number of rotatable bonds is 1. The number of aromatic amines is 1. The van der Waals surface area contributed by atoms with Crippen LogP contribution >= 0.6 is 0 Å². The summed E-state index contributed by atoms with van der Waals surface area (Å²) in [6.45, 7) is 0. The lowest BCUT2D eigenvalue weighted by Crippen LogP contribution is -1.93. The van der Waals surface area contributed by atoms with Gasteiger partial charge in [-0.25, -0.2) is 4.98 Å². The molecule has 0 atom stereocenters. The van der Waals surface area contributed by atoms with Crippen molar-refractivity contribution in [2.45, 2.75) is 5.16 Å². The highest BCUT2D eigenvalue weighted by Crippen LogP contribution is 2.14. The molecular formula is C7H5FN2O2S. The molecule has 0 radical (unpaired) electrons. The van der Waals surface area contributed by atoms with Crippen molar-refractivity contribution in [3.63, 3.8) is 0 Å². The van der Waals surface area contributed by atoms with Gasteiger partial charge < -0.3 is 4.98 Å². The molecule has 1 N–H and O–H groups in total. The van der Waals surface area contributed by atoms with E-state index in [2.05, 4.69) is 9.97 Å². The summed E-state index contributed by atoms with van der Waals surface area (Å²) in [5.41, 5.74) is 0.928. The van der Waals surface area contributed by atoms with Crippen LogP contribution in [0, 0.1) is 0 Å². The first-order chi connectivity index (χ1) is 6.07. The third-order valence-electron chi connectivity index (χ3n) is 1.60. The number of imidazole rings is 1. The van der Waals surface area contributed by atoms with E-state index >= 15 is 0 Å². The first kappa shape index (κ1) is 8.18. The topological polar surface area (TPSA) is 62.8 Å². The van der Waals surface area contributed by atoms with Gasteiger partial charge in [0.05, 0.1) is 11.0 Å². The number of nitrogens with one attached hydrogen (secondary N) is 1. The van der Waals surface area contributed by atoms with E-state index in [4.69, 9.17) is 0 Å². The minimum atomic E-state index is -4.73. The quantitative estimate of drug-likeness (QED) is 0.704. The summed E-state index contributed by atoms with van der Waals surface area (Å²) in [7, 11) is -4.73. The van der Waals surface area contributed by atoms with Crippen molar-refractivity contribution in [1.82, 2.24) is 9.97 Å². The smallest absolute Gasteiger partial charge is 0.326 e. The van der Waals surface area contributed by atoms with Gasteiger partial charge in [-0.2, -0.15) is 8.42 Å². The van der Waals surface area contributed by atoms with E-state index in [0.29, 0.717) is 11.0 Å². The van der Waals surface area contributed by atoms with Gasteiger partial charge in [-0.1, -0.05) is 16.0 Å². The minimum absolute atomic E-state index is 0.429. The SMILES string of the molecule is O=S(=O)(F)c1nc2ccccc2[nH]1. The first-order valence-corrected chi connectivity index (χ1v) is 4.85. The summed E-state index contributed by atoms with van der Waals surface area (Å²) >= 11 is 0. The predicted molar refractivity (Wildman–Crippen MR) is 44.4 cm³/mol. The van der Waals surface area contributed by atoms with Crippen molar-refractivity contribution >= 4 is 21.3 Å². The zero-order valence-corrected chi connectivity index (χ0v) is 7.18. The van der Waals surface area contributed by atoms with Gasteiger partial charge >= 0.3 is 10.2 Å². The fourth-order valence-electron chi connectivity index (χ4n) is 1.04. The van der Waals surface area contributed by atoms with Crippen molar-refractivity contribution in [3.05, 3.63) is 24.3 Å². The van der Waals surface area contributed by atoms with Gasteiger partial charge in [-0.05, 0) is 12.1 Å². The molecule has 0 aliphatic rings. The van der Waals surface area contributed by atoms with Gasteiger partial charge in [0, 0.05) is 0 Å². The molecule has 1 heterocycles. The van der Waals surface area contributed by atoms with Crippen LogP contribution in [-0.2, 0) is 10.2 Å². The number of H-pyrrole nitrogens is 1. The zero-order valence-electron chi connectivity index (χ0n) is 6.36. The molecule has 0 spiro atoms. The Morgan fingerprint density at radius 2 is 2.00 bits per heavy atom. The maximum Gasteiger partial charge on any atom is 0.366 e. The standard InChI is InChI=1S/C7H5FN2O2S/c8-13(11,12)7-9-5-3-1-2-4-6(5)10-7/h1-4H,(H,9,10).